The summed E-state index contributed by atoms with van der Waals surface area (Å²) in [6, 6.07) is 4.31. The van der Waals surface area contributed by atoms with Crippen molar-refractivity contribution in [3.63, 3.8) is 0 Å². The number of aromatic nitrogens is 1. The molecule has 2 N–H and O–H groups in total. The average Bonchev–Trinajstić information content (AvgIpc) is 2.79. The molecule has 1 aromatic heterocycles. The first-order valence-electron chi connectivity index (χ1n) is 5.65. The van der Waals surface area contributed by atoms with Crippen LogP contribution in [-0.4, -0.2) is 30.6 Å². The molecule has 2 aliphatic rings. The predicted octanol–water partition coefficient (Wildman–Crippen LogP) is 0.585. The zero-order valence-electron chi connectivity index (χ0n) is 9.66. The van der Waals surface area contributed by atoms with Gasteiger partial charge in [-0.2, -0.15) is 0 Å². The van der Waals surface area contributed by atoms with E-state index in [0.717, 1.165) is 24.5 Å². The first-order chi connectivity index (χ1) is 8.33. The maximum absolute atomic E-state index is 5.71. The number of nitrogens with zero attached hydrogens (tertiary/aromatic N) is 2. The minimum atomic E-state index is 0.559. The smallest absolute Gasteiger partial charge is 0.294 e. The Morgan fingerprint density at radius 3 is 3.18 bits per heavy atom. The van der Waals surface area contributed by atoms with Gasteiger partial charge < -0.3 is 15.4 Å². The molecular formula is C12H14N4O. The fraction of sp³-hybridized carbons (Fsp3) is 0.333. The highest BCUT2D eigenvalue weighted by Crippen LogP contribution is 2.16. The van der Waals surface area contributed by atoms with E-state index in [-0.39, 0.29) is 0 Å². The number of ether oxygens (including phenoxy) is 1. The molecule has 0 aliphatic carbocycles. The first-order valence-corrected chi connectivity index (χ1v) is 5.65. The third-order valence-electron chi connectivity index (χ3n) is 2.90. The highest BCUT2D eigenvalue weighted by Gasteiger charge is 2.20. The van der Waals surface area contributed by atoms with Crippen molar-refractivity contribution in [2.75, 3.05) is 19.6 Å². The van der Waals surface area contributed by atoms with Crippen molar-refractivity contribution in [2.24, 2.45) is 4.99 Å². The van der Waals surface area contributed by atoms with E-state index in [0.29, 0.717) is 12.6 Å². The summed E-state index contributed by atoms with van der Waals surface area (Å²) in [5, 5.41) is 6.49. The number of hydrogen-bond acceptors (Lipinski definition) is 5. The van der Waals surface area contributed by atoms with Crippen LogP contribution in [0.1, 0.15) is 5.69 Å². The van der Waals surface area contributed by atoms with Gasteiger partial charge in [-0.3, -0.25) is 4.98 Å². The van der Waals surface area contributed by atoms with Crippen LogP contribution in [0.2, 0.25) is 0 Å². The number of amidine groups is 1. The molecular weight excluding hydrogens is 216 g/mol. The van der Waals surface area contributed by atoms with E-state index in [4.69, 9.17) is 4.74 Å². The maximum atomic E-state index is 5.71. The van der Waals surface area contributed by atoms with Gasteiger partial charge in [-0.05, 0) is 24.6 Å². The van der Waals surface area contributed by atoms with Gasteiger partial charge in [0, 0.05) is 25.0 Å². The molecule has 3 heterocycles. The molecule has 0 saturated carbocycles. The predicted molar refractivity (Wildman–Crippen MR) is 64.9 cm³/mol. The van der Waals surface area contributed by atoms with Crippen molar-refractivity contribution < 1.29 is 4.74 Å². The Morgan fingerprint density at radius 2 is 2.29 bits per heavy atom. The van der Waals surface area contributed by atoms with Crippen molar-refractivity contribution in [1.29, 1.82) is 0 Å². The summed E-state index contributed by atoms with van der Waals surface area (Å²) in [5.74, 6) is 0.744. The summed E-state index contributed by atoms with van der Waals surface area (Å²) in [6.45, 7) is 4.42. The van der Waals surface area contributed by atoms with Crippen LogP contribution >= 0.6 is 0 Å². The van der Waals surface area contributed by atoms with Crippen LogP contribution in [-0.2, 0) is 0 Å². The van der Waals surface area contributed by atoms with E-state index >= 15 is 0 Å². The number of nitrogens with one attached hydrogen (secondary N) is 2. The van der Waals surface area contributed by atoms with Crippen LogP contribution < -0.4 is 15.4 Å². The minimum absolute atomic E-state index is 0.559. The fourth-order valence-electron chi connectivity index (χ4n) is 1.93. The van der Waals surface area contributed by atoms with Crippen LogP contribution in [0.4, 0.5) is 0 Å². The summed E-state index contributed by atoms with van der Waals surface area (Å²) in [6.07, 6.45) is 1.75. The van der Waals surface area contributed by atoms with Crippen LogP contribution in [0, 0.1) is 6.92 Å². The molecule has 3 rings (SSSR count). The molecule has 88 valence electrons. The molecule has 0 spiro atoms. The molecule has 0 unspecified atom stereocenters. The van der Waals surface area contributed by atoms with Gasteiger partial charge in [-0.15, -0.1) is 0 Å². The second-order valence-electron chi connectivity index (χ2n) is 4.12. The highest BCUT2D eigenvalue weighted by atomic mass is 16.5. The lowest BCUT2D eigenvalue weighted by atomic mass is 10.2. The first kappa shape index (κ1) is 10.3. The van der Waals surface area contributed by atoms with Gasteiger partial charge in [0.05, 0.1) is 12.2 Å². The lowest BCUT2D eigenvalue weighted by Gasteiger charge is -2.17. The zero-order valence-corrected chi connectivity index (χ0v) is 9.66. The molecule has 5 heteroatoms. The van der Waals surface area contributed by atoms with Crippen LogP contribution in [0.25, 0.3) is 0 Å². The maximum Gasteiger partial charge on any atom is 0.294 e. The minimum Gasteiger partial charge on any atom is -0.424 e. The van der Waals surface area contributed by atoms with Gasteiger partial charge in [-0.25, -0.2) is 4.99 Å². The standard InChI is InChI=1S/C12H14N4O/c1-8-11(3-2-4-14-8)17-12-15-6-9-5-13-7-10(9)16-12/h2-4,13H,5-7H2,1H3,(H,15,16). The van der Waals surface area contributed by atoms with Crippen molar-refractivity contribution in [3.05, 3.63) is 35.3 Å². The number of rotatable bonds is 1. The van der Waals surface area contributed by atoms with Gasteiger partial charge in [0.25, 0.3) is 6.02 Å². The van der Waals surface area contributed by atoms with Gasteiger partial charge in [0.15, 0.2) is 5.75 Å². The van der Waals surface area contributed by atoms with Crippen molar-refractivity contribution in [2.45, 2.75) is 6.92 Å². The zero-order chi connectivity index (χ0) is 11.7. The summed E-state index contributed by atoms with van der Waals surface area (Å²) in [7, 11) is 0. The third-order valence-corrected chi connectivity index (χ3v) is 2.90. The Bertz CT molecular complexity index is 507. The van der Waals surface area contributed by atoms with E-state index in [1.807, 2.05) is 19.1 Å². The van der Waals surface area contributed by atoms with Gasteiger partial charge >= 0.3 is 0 Å². The molecule has 0 aromatic carbocycles. The van der Waals surface area contributed by atoms with E-state index < -0.39 is 0 Å². The van der Waals surface area contributed by atoms with Crippen molar-refractivity contribution >= 4 is 6.02 Å². The Labute approximate surface area is 99.6 Å². The van der Waals surface area contributed by atoms with Gasteiger partial charge in [0.2, 0.25) is 0 Å². The number of hydrogen-bond donors (Lipinski definition) is 2. The second kappa shape index (κ2) is 4.18. The van der Waals surface area contributed by atoms with E-state index in [1.54, 1.807) is 6.20 Å². The number of aliphatic imine (C=N–C) groups is 1. The van der Waals surface area contributed by atoms with Crippen LogP contribution in [0.15, 0.2) is 34.6 Å². The summed E-state index contributed by atoms with van der Waals surface area (Å²) < 4.78 is 5.71. The molecule has 0 atom stereocenters. The van der Waals surface area contributed by atoms with Crippen molar-refractivity contribution in [1.82, 2.24) is 15.6 Å². The second-order valence-corrected chi connectivity index (χ2v) is 4.12. The summed E-state index contributed by atoms with van der Waals surface area (Å²) in [4.78, 5) is 8.55. The Morgan fingerprint density at radius 1 is 1.35 bits per heavy atom. The van der Waals surface area contributed by atoms with Gasteiger partial charge in [-0.1, -0.05) is 0 Å². The van der Waals surface area contributed by atoms with Gasteiger partial charge in [0.1, 0.15) is 0 Å². The quantitative estimate of drug-likeness (QED) is 0.741. The van der Waals surface area contributed by atoms with Crippen LogP contribution in [0.3, 0.4) is 0 Å². The molecule has 0 bridgehead atoms. The average molecular weight is 230 g/mol. The molecule has 2 aliphatic heterocycles. The summed E-state index contributed by atoms with van der Waals surface area (Å²) in [5.41, 5.74) is 3.37. The fourth-order valence-corrected chi connectivity index (χ4v) is 1.93. The molecule has 1 aromatic rings. The lowest BCUT2D eigenvalue weighted by Crippen LogP contribution is -2.33. The monoisotopic (exact) mass is 230 g/mol. The molecule has 17 heavy (non-hydrogen) atoms. The van der Waals surface area contributed by atoms with E-state index in [1.165, 1.54) is 11.3 Å². The molecule has 5 nitrogen and oxygen atoms in total. The lowest BCUT2D eigenvalue weighted by molar-refractivity contribution is 0.511. The highest BCUT2D eigenvalue weighted by molar-refractivity contribution is 5.80. The van der Waals surface area contributed by atoms with E-state index in [2.05, 4.69) is 20.6 Å². The molecule has 0 radical (unpaired) electrons. The molecule has 0 amide bonds. The molecule has 0 saturated heterocycles. The Balaban J connectivity index is 1.73. The number of aryl methyl sites for hydroxylation is 1. The van der Waals surface area contributed by atoms with Crippen LogP contribution in [0.5, 0.6) is 5.75 Å². The summed E-state index contributed by atoms with van der Waals surface area (Å²) >= 11 is 0. The SMILES string of the molecule is Cc1ncccc1OC1=NCC2=C(CNC2)N1. The number of pyridine rings is 1. The van der Waals surface area contributed by atoms with Crippen molar-refractivity contribution in [3.8, 4) is 5.75 Å². The topological polar surface area (TPSA) is 58.5 Å². The largest absolute Gasteiger partial charge is 0.424 e. The molecule has 0 fully saturated rings. The normalized spacial score (nSPS) is 18.5. The third kappa shape index (κ3) is 2.01. The Hall–Kier alpha value is -1.88. The Kier molecular flexibility index (Phi) is 2.53. The van der Waals surface area contributed by atoms with E-state index in [9.17, 15) is 0 Å².